The van der Waals surface area contributed by atoms with Gasteiger partial charge in [0.15, 0.2) is 0 Å². The number of carbonyl (C=O) groups is 1. The number of benzene rings is 2. The lowest BCUT2D eigenvalue weighted by molar-refractivity contribution is 0.0951. The summed E-state index contributed by atoms with van der Waals surface area (Å²) < 4.78 is 10.8. The first-order valence-electron chi connectivity index (χ1n) is 8.50. The minimum atomic E-state index is -0.158. The van der Waals surface area contributed by atoms with Gasteiger partial charge in [0.2, 0.25) is 11.8 Å². The number of aromatic nitrogens is 2. The molecule has 0 aliphatic carbocycles. The summed E-state index contributed by atoms with van der Waals surface area (Å²) in [5, 5.41) is 11.1. The van der Waals surface area contributed by atoms with Crippen LogP contribution in [-0.2, 0) is 6.54 Å². The third-order valence-corrected chi connectivity index (χ3v) is 4.23. The highest BCUT2D eigenvalue weighted by Crippen LogP contribution is 2.26. The number of amides is 1. The Balaban J connectivity index is 1.48. The second-order valence-corrected chi connectivity index (χ2v) is 6.12. The molecule has 0 saturated heterocycles. The molecule has 0 saturated carbocycles. The molecule has 0 spiro atoms. The maximum atomic E-state index is 12.2. The molecule has 4 rings (SSSR count). The predicted octanol–water partition coefficient (Wildman–Crippen LogP) is 4.24. The first-order valence-corrected chi connectivity index (χ1v) is 8.50. The second-order valence-electron chi connectivity index (χ2n) is 6.12. The Morgan fingerprint density at radius 3 is 2.52 bits per heavy atom. The van der Waals surface area contributed by atoms with Crippen molar-refractivity contribution in [3.8, 4) is 22.9 Å². The fourth-order valence-electron chi connectivity index (χ4n) is 2.70. The lowest BCUT2D eigenvalue weighted by atomic mass is 10.1. The van der Waals surface area contributed by atoms with E-state index in [0.29, 0.717) is 23.9 Å². The number of rotatable bonds is 5. The Bertz CT molecular complexity index is 1050. The van der Waals surface area contributed by atoms with E-state index in [4.69, 9.17) is 8.83 Å². The van der Waals surface area contributed by atoms with E-state index in [1.54, 1.807) is 36.8 Å². The first-order chi connectivity index (χ1) is 13.2. The van der Waals surface area contributed by atoms with Gasteiger partial charge in [-0.1, -0.05) is 18.2 Å². The van der Waals surface area contributed by atoms with Crippen LogP contribution in [0.25, 0.3) is 22.9 Å². The van der Waals surface area contributed by atoms with Gasteiger partial charge >= 0.3 is 0 Å². The van der Waals surface area contributed by atoms with E-state index in [-0.39, 0.29) is 5.91 Å². The smallest absolute Gasteiger partial charge is 0.251 e. The fraction of sp³-hybridized carbons (Fsp3) is 0.0952. The Kier molecular flexibility index (Phi) is 4.53. The quantitative estimate of drug-likeness (QED) is 0.576. The SMILES string of the molecule is Cc1ccccc1-c1nnc(-c2ccc(C(=O)NCc3ccoc3)cc2)o1. The third-order valence-electron chi connectivity index (χ3n) is 4.23. The molecular formula is C21H17N3O3. The summed E-state index contributed by atoms with van der Waals surface area (Å²) in [6.07, 6.45) is 3.18. The molecule has 0 bridgehead atoms. The molecule has 4 aromatic rings. The van der Waals surface area contributed by atoms with Crippen molar-refractivity contribution in [2.75, 3.05) is 0 Å². The molecule has 0 aliphatic rings. The largest absolute Gasteiger partial charge is 0.472 e. The van der Waals surface area contributed by atoms with E-state index >= 15 is 0 Å². The maximum absolute atomic E-state index is 12.2. The third kappa shape index (κ3) is 3.64. The number of aryl methyl sites for hydroxylation is 1. The number of hydrogen-bond donors (Lipinski definition) is 1. The number of carbonyl (C=O) groups excluding carboxylic acids is 1. The molecular weight excluding hydrogens is 342 g/mol. The van der Waals surface area contributed by atoms with Crippen LogP contribution in [0.5, 0.6) is 0 Å². The molecule has 6 nitrogen and oxygen atoms in total. The van der Waals surface area contributed by atoms with Crippen LogP contribution >= 0.6 is 0 Å². The summed E-state index contributed by atoms with van der Waals surface area (Å²) in [6.45, 7) is 2.41. The zero-order valence-electron chi connectivity index (χ0n) is 14.7. The maximum Gasteiger partial charge on any atom is 0.251 e. The van der Waals surface area contributed by atoms with Gasteiger partial charge in [0.1, 0.15) is 0 Å². The highest BCUT2D eigenvalue weighted by atomic mass is 16.4. The fourth-order valence-corrected chi connectivity index (χ4v) is 2.70. The molecule has 1 N–H and O–H groups in total. The average Bonchev–Trinajstić information content (AvgIpc) is 3.39. The van der Waals surface area contributed by atoms with E-state index in [0.717, 1.165) is 22.3 Å². The molecule has 1 amide bonds. The summed E-state index contributed by atoms with van der Waals surface area (Å²) in [6, 6.07) is 16.7. The molecule has 2 heterocycles. The monoisotopic (exact) mass is 359 g/mol. The topological polar surface area (TPSA) is 81.2 Å². The number of nitrogens with zero attached hydrogens (tertiary/aromatic N) is 2. The lowest BCUT2D eigenvalue weighted by Gasteiger charge is -2.04. The average molecular weight is 359 g/mol. The van der Waals surface area contributed by atoms with Crippen LogP contribution in [0.1, 0.15) is 21.5 Å². The Labute approximate surface area is 155 Å². The molecule has 6 heteroatoms. The zero-order valence-corrected chi connectivity index (χ0v) is 14.7. The van der Waals surface area contributed by atoms with Crippen molar-refractivity contribution in [3.63, 3.8) is 0 Å². The summed E-state index contributed by atoms with van der Waals surface area (Å²) >= 11 is 0. The van der Waals surface area contributed by atoms with E-state index in [1.165, 1.54) is 0 Å². The molecule has 0 radical (unpaired) electrons. The summed E-state index contributed by atoms with van der Waals surface area (Å²) in [5.41, 5.74) is 4.20. The molecule has 2 aromatic carbocycles. The summed E-state index contributed by atoms with van der Waals surface area (Å²) in [7, 11) is 0. The lowest BCUT2D eigenvalue weighted by Crippen LogP contribution is -2.22. The molecule has 134 valence electrons. The summed E-state index contributed by atoms with van der Waals surface area (Å²) in [5.74, 6) is 0.734. The van der Waals surface area contributed by atoms with E-state index < -0.39 is 0 Å². The molecule has 2 aromatic heterocycles. The Hall–Kier alpha value is -3.67. The van der Waals surface area contributed by atoms with Crippen LogP contribution in [0.2, 0.25) is 0 Å². The van der Waals surface area contributed by atoms with Gasteiger partial charge < -0.3 is 14.2 Å². The van der Waals surface area contributed by atoms with Gasteiger partial charge in [-0.2, -0.15) is 0 Å². The van der Waals surface area contributed by atoms with Gasteiger partial charge in [-0.15, -0.1) is 10.2 Å². The van der Waals surface area contributed by atoms with E-state index in [9.17, 15) is 4.79 Å². The van der Waals surface area contributed by atoms with Gasteiger partial charge in [0, 0.05) is 28.8 Å². The van der Waals surface area contributed by atoms with Crippen molar-refractivity contribution in [1.29, 1.82) is 0 Å². The second kappa shape index (κ2) is 7.29. The number of hydrogen-bond acceptors (Lipinski definition) is 5. The highest BCUT2D eigenvalue weighted by Gasteiger charge is 2.13. The minimum absolute atomic E-state index is 0.158. The van der Waals surface area contributed by atoms with Crippen molar-refractivity contribution >= 4 is 5.91 Å². The van der Waals surface area contributed by atoms with Gasteiger partial charge in [0.05, 0.1) is 12.5 Å². The van der Waals surface area contributed by atoms with Gasteiger partial charge in [-0.05, 0) is 48.9 Å². The minimum Gasteiger partial charge on any atom is -0.472 e. The number of nitrogens with one attached hydrogen (secondary N) is 1. The highest BCUT2D eigenvalue weighted by molar-refractivity contribution is 5.94. The van der Waals surface area contributed by atoms with Crippen LogP contribution in [0, 0.1) is 6.92 Å². The van der Waals surface area contributed by atoms with Gasteiger partial charge in [-0.3, -0.25) is 4.79 Å². The van der Waals surface area contributed by atoms with Crippen LogP contribution in [0.3, 0.4) is 0 Å². The van der Waals surface area contributed by atoms with Crippen molar-refractivity contribution in [2.45, 2.75) is 13.5 Å². The summed E-state index contributed by atoms with van der Waals surface area (Å²) in [4.78, 5) is 12.2. The molecule has 0 fully saturated rings. The van der Waals surface area contributed by atoms with Gasteiger partial charge in [0.25, 0.3) is 5.91 Å². The first kappa shape index (κ1) is 16.8. The van der Waals surface area contributed by atoms with E-state index in [1.807, 2.05) is 37.3 Å². The van der Waals surface area contributed by atoms with Crippen LogP contribution in [0.4, 0.5) is 0 Å². The van der Waals surface area contributed by atoms with Crippen LogP contribution in [0.15, 0.2) is 76.0 Å². The molecule has 27 heavy (non-hydrogen) atoms. The normalized spacial score (nSPS) is 10.7. The Morgan fingerprint density at radius 1 is 1.00 bits per heavy atom. The zero-order chi connectivity index (χ0) is 18.6. The van der Waals surface area contributed by atoms with Crippen molar-refractivity contribution in [1.82, 2.24) is 15.5 Å². The molecule has 0 atom stereocenters. The Morgan fingerprint density at radius 2 is 1.78 bits per heavy atom. The van der Waals surface area contributed by atoms with Crippen LogP contribution in [-0.4, -0.2) is 16.1 Å². The van der Waals surface area contributed by atoms with Crippen LogP contribution < -0.4 is 5.32 Å². The predicted molar refractivity (Wildman–Crippen MR) is 99.8 cm³/mol. The van der Waals surface area contributed by atoms with E-state index in [2.05, 4.69) is 15.5 Å². The van der Waals surface area contributed by atoms with Crippen molar-refractivity contribution in [3.05, 3.63) is 83.8 Å². The van der Waals surface area contributed by atoms with Crippen molar-refractivity contribution < 1.29 is 13.6 Å². The van der Waals surface area contributed by atoms with Gasteiger partial charge in [-0.25, -0.2) is 0 Å². The standard InChI is InChI=1S/C21H17N3O3/c1-14-4-2-3-5-18(14)21-24-23-20(27-21)17-8-6-16(7-9-17)19(25)22-12-15-10-11-26-13-15/h2-11,13H,12H2,1H3,(H,22,25). The van der Waals surface area contributed by atoms with Crippen molar-refractivity contribution in [2.24, 2.45) is 0 Å². The molecule has 0 unspecified atom stereocenters. The molecule has 0 aliphatic heterocycles. The number of furan rings is 1.